The van der Waals surface area contributed by atoms with Crippen LogP contribution in [0.2, 0.25) is 0 Å². The van der Waals surface area contributed by atoms with E-state index in [4.69, 9.17) is 5.73 Å². The van der Waals surface area contributed by atoms with Gasteiger partial charge in [0.2, 0.25) is 0 Å². The van der Waals surface area contributed by atoms with E-state index in [9.17, 15) is 0 Å². The number of hydrogen-bond acceptors (Lipinski definition) is 1. The third-order valence-corrected chi connectivity index (χ3v) is 1.81. The summed E-state index contributed by atoms with van der Waals surface area (Å²) in [6, 6.07) is 0.417. The van der Waals surface area contributed by atoms with E-state index < -0.39 is 0 Å². The number of allylic oxidation sites excluding steroid dienone is 1. The van der Waals surface area contributed by atoms with Crippen LogP contribution in [0, 0.1) is 5.92 Å². The minimum atomic E-state index is 0.417. The highest BCUT2D eigenvalue weighted by Gasteiger charge is 2.11. The van der Waals surface area contributed by atoms with Gasteiger partial charge >= 0.3 is 0 Å². The van der Waals surface area contributed by atoms with Crippen molar-refractivity contribution in [1.82, 2.24) is 0 Å². The molecule has 1 rings (SSSR count). The Balaban J connectivity index is 2.44. The van der Waals surface area contributed by atoms with E-state index >= 15 is 0 Å². The molecule has 0 saturated heterocycles. The summed E-state index contributed by atoms with van der Waals surface area (Å²) in [5, 5.41) is 0. The van der Waals surface area contributed by atoms with E-state index in [1.807, 2.05) is 0 Å². The lowest BCUT2D eigenvalue weighted by Gasteiger charge is -2.19. The van der Waals surface area contributed by atoms with Crippen LogP contribution < -0.4 is 5.73 Å². The van der Waals surface area contributed by atoms with Gasteiger partial charge in [-0.1, -0.05) is 19.1 Å². The molecule has 2 N–H and O–H groups in total. The molecule has 1 aliphatic carbocycles. The van der Waals surface area contributed by atoms with Crippen molar-refractivity contribution in [2.75, 3.05) is 0 Å². The lowest BCUT2D eigenvalue weighted by atomic mass is 9.92. The van der Waals surface area contributed by atoms with E-state index in [1.54, 1.807) is 0 Å². The molecular formula is C7H13N. The predicted octanol–water partition coefficient (Wildman–Crippen LogP) is 1.30. The van der Waals surface area contributed by atoms with E-state index in [1.165, 1.54) is 6.42 Å². The van der Waals surface area contributed by atoms with Crippen molar-refractivity contribution in [3.05, 3.63) is 12.2 Å². The number of hydrogen-bond donors (Lipinski definition) is 1. The smallest absolute Gasteiger partial charge is 0.0102 e. The summed E-state index contributed by atoms with van der Waals surface area (Å²) in [6.45, 7) is 2.20. The average molecular weight is 111 g/mol. The molecule has 1 nitrogen and oxygen atoms in total. The molecular weight excluding hydrogens is 98.1 g/mol. The number of nitrogens with two attached hydrogens (primary N) is 1. The maximum atomic E-state index is 5.73. The lowest BCUT2D eigenvalue weighted by molar-refractivity contribution is 0.446. The van der Waals surface area contributed by atoms with Crippen LogP contribution >= 0.6 is 0 Å². The summed E-state index contributed by atoms with van der Waals surface area (Å²) < 4.78 is 0. The Morgan fingerprint density at radius 3 is 2.38 bits per heavy atom. The SMILES string of the molecule is CC1CC=CC[C@H]1N. The standard InChI is InChI=1S/C7H13N/c1-6-4-2-3-5-7(6)8/h2-3,6-7H,4-5,8H2,1H3/t6?,7-/m1/s1. The van der Waals surface area contributed by atoms with Gasteiger partial charge in [0.15, 0.2) is 0 Å². The Kier molecular flexibility index (Phi) is 1.69. The second kappa shape index (κ2) is 2.31. The zero-order chi connectivity index (χ0) is 5.98. The topological polar surface area (TPSA) is 26.0 Å². The molecule has 0 amide bonds. The molecule has 2 atom stereocenters. The summed E-state index contributed by atoms with van der Waals surface area (Å²) in [5.41, 5.74) is 5.73. The largest absolute Gasteiger partial charge is 0.327 e. The van der Waals surface area contributed by atoms with Gasteiger partial charge in [0, 0.05) is 6.04 Å². The molecule has 0 aromatic heterocycles. The van der Waals surface area contributed by atoms with Crippen LogP contribution in [0.1, 0.15) is 19.8 Å². The van der Waals surface area contributed by atoms with Gasteiger partial charge in [-0.3, -0.25) is 0 Å². The fraction of sp³-hybridized carbons (Fsp3) is 0.714. The van der Waals surface area contributed by atoms with Crippen molar-refractivity contribution in [2.24, 2.45) is 11.7 Å². The normalized spacial score (nSPS) is 37.8. The van der Waals surface area contributed by atoms with Gasteiger partial charge in [-0.15, -0.1) is 0 Å². The van der Waals surface area contributed by atoms with Crippen molar-refractivity contribution in [2.45, 2.75) is 25.8 Å². The van der Waals surface area contributed by atoms with Crippen LogP contribution in [0.4, 0.5) is 0 Å². The fourth-order valence-electron chi connectivity index (χ4n) is 0.971. The summed E-state index contributed by atoms with van der Waals surface area (Å²) in [7, 11) is 0. The van der Waals surface area contributed by atoms with Crippen molar-refractivity contribution in [3.8, 4) is 0 Å². The first-order chi connectivity index (χ1) is 3.80. The molecule has 1 unspecified atom stereocenters. The monoisotopic (exact) mass is 111 g/mol. The zero-order valence-corrected chi connectivity index (χ0v) is 5.30. The Morgan fingerprint density at radius 2 is 2.00 bits per heavy atom. The predicted molar refractivity (Wildman–Crippen MR) is 35.5 cm³/mol. The van der Waals surface area contributed by atoms with Gasteiger partial charge < -0.3 is 5.73 Å². The molecule has 0 fully saturated rings. The Morgan fingerprint density at radius 1 is 1.38 bits per heavy atom. The first-order valence-electron chi connectivity index (χ1n) is 3.21. The Hall–Kier alpha value is -0.300. The van der Waals surface area contributed by atoms with Crippen molar-refractivity contribution < 1.29 is 0 Å². The molecule has 0 bridgehead atoms. The molecule has 0 radical (unpaired) electrons. The highest BCUT2D eigenvalue weighted by atomic mass is 14.6. The van der Waals surface area contributed by atoms with Crippen LogP contribution in [0.25, 0.3) is 0 Å². The van der Waals surface area contributed by atoms with E-state index in [2.05, 4.69) is 19.1 Å². The van der Waals surface area contributed by atoms with Crippen LogP contribution in [-0.4, -0.2) is 6.04 Å². The van der Waals surface area contributed by atoms with Gasteiger partial charge in [-0.2, -0.15) is 0 Å². The summed E-state index contributed by atoms with van der Waals surface area (Å²) >= 11 is 0. The lowest BCUT2D eigenvalue weighted by Crippen LogP contribution is -2.28. The van der Waals surface area contributed by atoms with E-state index in [0.29, 0.717) is 12.0 Å². The molecule has 0 heterocycles. The summed E-state index contributed by atoms with van der Waals surface area (Å²) in [5.74, 6) is 0.694. The van der Waals surface area contributed by atoms with Crippen LogP contribution in [0.15, 0.2) is 12.2 Å². The summed E-state index contributed by atoms with van der Waals surface area (Å²) in [6.07, 6.45) is 6.63. The molecule has 0 aliphatic heterocycles. The minimum absolute atomic E-state index is 0.417. The highest BCUT2D eigenvalue weighted by molar-refractivity contribution is 4.94. The van der Waals surface area contributed by atoms with E-state index in [-0.39, 0.29) is 0 Å². The molecule has 1 heteroatoms. The third-order valence-electron chi connectivity index (χ3n) is 1.81. The second-order valence-electron chi connectivity index (χ2n) is 2.58. The molecule has 0 aromatic carbocycles. The van der Waals surface area contributed by atoms with Crippen molar-refractivity contribution in [1.29, 1.82) is 0 Å². The van der Waals surface area contributed by atoms with Gasteiger partial charge in [0.05, 0.1) is 0 Å². The van der Waals surface area contributed by atoms with Gasteiger partial charge in [0.1, 0.15) is 0 Å². The minimum Gasteiger partial charge on any atom is -0.327 e. The Labute approximate surface area is 50.6 Å². The molecule has 46 valence electrons. The van der Waals surface area contributed by atoms with Crippen LogP contribution in [-0.2, 0) is 0 Å². The quantitative estimate of drug-likeness (QED) is 0.468. The molecule has 0 aromatic rings. The molecule has 8 heavy (non-hydrogen) atoms. The first-order valence-corrected chi connectivity index (χ1v) is 3.21. The van der Waals surface area contributed by atoms with Gasteiger partial charge in [-0.05, 0) is 18.8 Å². The maximum Gasteiger partial charge on any atom is 0.0102 e. The van der Waals surface area contributed by atoms with Crippen molar-refractivity contribution >= 4 is 0 Å². The van der Waals surface area contributed by atoms with E-state index in [0.717, 1.165) is 6.42 Å². The average Bonchev–Trinajstić information content (AvgIpc) is 1.77. The molecule has 0 saturated carbocycles. The third kappa shape index (κ3) is 1.10. The molecule has 0 spiro atoms. The maximum absolute atomic E-state index is 5.73. The highest BCUT2D eigenvalue weighted by Crippen LogP contribution is 2.15. The van der Waals surface area contributed by atoms with Crippen LogP contribution in [0.3, 0.4) is 0 Å². The second-order valence-corrected chi connectivity index (χ2v) is 2.58. The number of rotatable bonds is 0. The fourth-order valence-corrected chi connectivity index (χ4v) is 0.971. The summed E-state index contributed by atoms with van der Waals surface area (Å²) in [4.78, 5) is 0. The van der Waals surface area contributed by atoms with Gasteiger partial charge in [0.25, 0.3) is 0 Å². The van der Waals surface area contributed by atoms with Crippen LogP contribution in [0.5, 0.6) is 0 Å². The first kappa shape index (κ1) is 5.83. The van der Waals surface area contributed by atoms with Gasteiger partial charge in [-0.25, -0.2) is 0 Å². The zero-order valence-electron chi connectivity index (χ0n) is 5.30. The van der Waals surface area contributed by atoms with Crippen molar-refractivity contribution in [3.63, 3.8) is 0 Å². The molecule has 1 aliphatic rings. The Bertz CT molecular complexity index is 84.6.